The van der Waals surface area contributed by atoms with Crippen LogP contribution in [0, 0.1) is 13.8 Å². The standard InChI is InChI=1S/C11H15F3N2O2S2/c1-7-5-9(15)8(2)10(6-7)20(17,18)16-3-4-19-11(12,13)14/h5-6,16H,3-4,15H2,1-2H3. The number of sulfonamides is 1. The number of rotatable bonds is 5. The molecule has 0 aromatic heterocycles. The van der Waals surface area contributed by atoms with Gasteiger partial charge in [0.15, 0.2) is 0 Å². The minimum atomic E-state index is -4.37. The molecule has 0 amide bonds. The third-order valence-electron chi connectivity index (χ3n) is 2.49. The first-order valence-electron chi connectivity index (χ1n) is 5.60. The molecule has 0 saturated carbocycles. The highest BCUT2D eigenvalue weighted by molar-refractivity contribution is 8.00. The summed E-state index contributed by atoms with van der Waals surface area (Å²) < 4.78 is 62.0. The van der Waals surface area contributed by atoms with Crippen LogP contribution in [0.4, 0.5) is 18.9 Å². The van der Waals surface area contributed by atoms with Crippen molar-refractivity contribution in [2.24, 2.45) is 0 Å². The molecule has 0 aliphatic carbocycles. The van der Waals surface area contributed by atoms with Crippen molar-refractivity contribution in [3.63, 3.8) is 0 Å². The van der Waals surface area contributed by atoms with Crippen molar-refractivity contribution < 1.29 is 21.6 Å². The van der Waals surface area contributed by atoms with Crippen molar-refractivity contribution in [2.75, 3.05) is 18.0 Å². The van der Waals surface area contributed by atoms with Crippen LogP contribution in [0.3, 0.4) is 0 Å². The zero-order chi connectivity index (χ0) is 15.6. The summed E-state index contributed by atoms with van der Waals surface area (Å²) >= 11 is -0.272. The number of alkyl halides is 3. The zero-order valence-electron chi connectivity index (χ0n) is 10.9. The minimum absolute atomic E-state index is 0.00740. The number of nitrogens with two attached hydrogens (primary N) is 1. The van der Waals surface area contributed by atoms with Crippen LogP contribution in [0.2, 0.25) is 0 Å². The second kappa shape index (κ2) is 6.23. The Hall–Kier alpha value is -0.930. The Balaban J connectivity index is 2.80. The highest BCUT2D eigenvalue weighted by atomic mass is 32.2. The zero-order valence-corrected chi connectivity index (χ0v) is 12.5. The molecule has 0 aliphatic rings. The smallest absolute Gasteiger partial charge is 0.398 e. The predicted molar refractivity (Wildman–Crippen MR) is 74.0 cm³/mol. The number of nitrogen functional groups attached to an aromatic ring is 1. The third kappa shape index (κ3) is 4.88. The van der Waals surface area contributed by atoms with Gasteiger partial charge in [-0.2, -0.15) is 13.2 Å². The van der Waals surface area contributed by atoms with Crippen LogP contribution < -0.4 is 10.5 Å². The number of anilines is 1. The van der Waals surface area contributed by atoms with Crippen molar-refractivity contribution >= 4 is 27.5 Å². The highest BCUT2D eigenvalue weighted by Gasteiger charge is 2.28. The molecule has 0 aliphatic heterocycles. The summed E-state index contributed by atoms with van der Waals surface area (Å²) in [6, 6.07) is 3.07. The van der Waals surface area contributed by atoms with Crippen LogP contribution in [0.25, 0.3) is 0 Å². The molecule has 0 fully saturated rings. The molecule has 1 aromatic rings. The Bertz CT molecular complexity index is 586. The van der Waals surface area contributed by atoms with Gasteiger partial charge in [0, 0.05) is 18.0 Å². The van der Waals surface area contributed by atoms with Crippen LogP contribution in [0.5, 0.6) is 0 Å². The van der Waals surface area contributed by atoms with E-state index in [0.717, 1.165) is 0 Å². The number of aryl methyl sites for hydroxylation is 1. The average Bonchev–Trinajstić information content (AvgIpc) is 2.28. The van der Waals surface area contributed by atoms with Crippen molar-refractivity contribution in [3.8, 4) is 0 Å². The monoisotopic (exact) mass is 328 g/mol. The van der Waals surface area contributed by atoms with Gasteiger partial charge in [-0.25, -0.2) is 13.1 Å². The van der Waals surface area contributed by atoms with Gasteiger partial charge in [0.25, 0.3) is 0 Å². The van der Waals surface area contributed by atoms with E-state index in [1.807, 2.05) is 0 Å². The summed E-state index contributed by atoms with van der Waals surface area (Å²) in [5, 5.41) is 0. The molecule has 3 N–H and O–H groups in total. The molecule has 0 spiro atoms. The third-order valence-corrected chi connectivity index (χ3v) is 4.82. The molecule has 0 atom stereocenters. The molecule has 1 rings (SSSR count). The van der Waals surface area contributed by atoms with Crippen molar-refractivity contribution in [3.05, 3.63) is 23.3 Å². The second-order valence-corrected chi connectivity index (χ2v) is 7.06. The number of nitrogens with one attached hydrogen (secondary N) is 1. The summed E-state index contributed by atoms with van der Waals surface area (Å²) in [6.45, 7) is 2.93. The van der Waals surface area contributed by atoms with Gasteiger partial charge >= 0.3 is 5.51 Å². The van der Waals surface area contributed by atoms with Crippen molar-refractivity contribution in [2.45, 2.75) is 24.3 Å². The van der Waals surface area contributed by atoms with Crippen LogP contribution >= 0.6 is 11.8 Å². The lowest BCUT2D eigenvalue weighted by molar-refractivity contribution is -0.0327. The summed E-state index contributed by atoms with van der Waals surface area (Å²) in [5.41, 5.74) is 2.69. The molecular weight excluding hydrogens is 313 g/mol. The van der Waals surface area contributed by atoms with Crippen LogP contribution in [-0.4, -0.2) is 26.2 Å². The highest BCUT2D eigenvalue weighted by Crippen LogP contribution is 2.29. The first-order valence-corrected chi connectivity index (χ1v) is 8.07. The van der Waals surface area contributed by atoms with E-state index >= 15 is 0 Å². The molecule has 114 valence electrons. The van der Waals surface area contributed by atoms with E-state index in [9.17, 15) is 21.6 Å². The maximum atomic E-state index is 12.0. The summed E-state index contributed by atoms with van der Waals surface area (Å²) in [4.78, 5) is -0.00740. The predicted octanol–water partition coefficient (Wildman–Crippen LogP) is 2.42. The Labute approximate surface area is 120 Å². The Morgan fingerprint density at radius 3 is 2.45 bits per heavy atom. The summed E-state index contributed by atoms with van der Waals surface area (Å²) in [7, 11) is -3.86. The summed E-state index contributed by atoms with van der Waals surface area (Å²) in [6.07, 6.45) is 0. The normalized spacial score (nSPS) is 12.7. The molecule has 0 saturated heterocycles. The number of hydrogen-bond acceptors (Lipinski definition) is 4. The van der Waals surface area contributed by atoms with Gasteiger partial charge in [0.05, 0.1) is 4.90 Å². The lowest BCUT2D eigenvalue weighted by Gasteiger charge is -2.12. The summed E-state index contributed by atoms with van der Waals surface area (Å²) in [5.74, 6) is -0.386. The Morgan fingerprint density at radius 1 is 1.30 bits per heavy atom. The number of benzene rings is 1. The molecular formula is C11H15F3N2O2S2. The van der Waals surface area contributed by atoms with Crippen LogP contribution in [-0.2, 0) is 10.0 Å². The Morgan fingerprint density at radius 2 is 1.90 bits per heavy atom. The van der Waals surface area contributed by atoms with Gasteiger partial charge in [-0.15, -0.1) is 0 Å². The minimum Gasteiger partial charge on any atom is -0.398 e. The van der Waals surface area contributed by atoms with E-state index in [1.165, 1.54) is 6.07 Å². The molecule has 0 bridgehead atoms. The molecule has 0 heterocycles. The largest absolute Gasteiger partial charge is 0.441 e. The quantitative estimate of drug-likeness (QED) is 0.643. The molecule has 0 radical (unpaired) electrons. The van der Waals surface area contributed by atoms with E-state index in [1.54, 1.807) is 19.9 Å². The maximum absolute atomic E-state index is 12.0. The molecule has 20 heavy (non-hydrogen) atoms. The fraction of sp³-hybridized carbons (Fsp3) is 0.455. The average molecular weight is 328 g/mol. The van der Waals surface area contributed by atoms with E-state index < -0.39 is 15.5 Å². The first-order chi connectivity index (χ1) is 9.03. The van der Waals surface area contributed by atoms with Gasteiger partial charge < -0.3 is 5.73 Å². The van der Waals surface area contributed by atoms with Crippen molar-refractivity contribution in [1.29, 1.82) is 0 Å². The van der Waals surface area contributed by atoms with E-state index in [-0.39, 0.29) is 29.0 Å². The second-order valence-electron chi connectivity index (χ2n) is 4.17. The van der Waals surface area contributed by atoms with Crippen LogP contribution in [0.15, 0.2) is 17.0 Å². The van der Waals surface area contributed by atoms with Gasteiger partial charge in [-0.1, -0.05) is 0 Å². The maximum Gasteiger partial charge on any atom is 0.441 e. The fourth-order valence-corrected chi connectivity index (χ4v) is 3.51. The molecule has 1 aromatic carbocycles. The SMILES string of the molecule is Cc1cc(N)c(C)c(S(=O)(=O)NCCSC(F)(F)F)c1. The number of halogens is 3. The lowest BCUT2D eigenvalue weighted by Crippen LogP contribution is -2.27. The van der Waals surface area contributed by atoms with Gasteiger partial charge in [-0.05, 0) is 48.9 Å². The molecule has 4 nitrogen and oxygen atoms in total. The lowest BCUT2D eigenvalue weighted by atomic mass is 10.1. The van der Waals surface area contributed by atoms with Gasteiger partial charge in [-0.3, -0.25) is 0 Å². The number of thioether (sulfide) groups is 1. The van der Waals surface area contributed by atoms with E-state index in [2.05, 4.69) is 4.72 Å². The van der Waals surface area contributed by atoms with Gasteiger partial charge in [0.2, 0.25) is 10.0 Å². The topological polar surface area (TPSA) is 72.2 Å². The van der Waals surface area contributed by atoms with Crippen LogP contribution in [0.1, 0.15) is 11.1 Å². The fourth-order valence-electron chi connectivity index (χ4n) is 1.55. The molecule has 9 heteroatoms. The van der Waals surface area contributed by atoms with Crippen molar-refractivity contribution in [1.82, 2.24) is 4.72 Å². The van der Waals surface area contributed by atoms with E-state index in [0.29, 0.717) is 16.8 Å². The number of hydrogen-bond donors (Lipinski definition) is 2. The first kappa shape index (κ1) is 17.1. The van der Waals surface area contributed by atoms with Gasteiger partial charge in [0.1, 0.15) is 0 Å². The Kier molecular flexibility index (Phi) is 5.33. The van der Waals surface area contributed by atoms with E-state index in [4.69, 9.17) is 5.73 Å². The molecule has 0 unspecified atom stereocenters.